The van der Waals surface area contributed by atoms with E-state index in [2.05, 4.69) is 17.1 Å². The minimum atomic E-state index is 0.00527. The Labute approximate surface area is 131 Å². The quantitative estimate of drug-likeness (QED) is 0.899. The summed E-state index contributed by atoms with van der Waals surface area (Å²) in [5, 5.41) is 3.58. The fourth-order valence-electron chi connectivity index (χ4n) is 2.82. The molecule has 2 rings (SSSR count). The standard InChI is InChI=1S/C16H24ClN3O/c1-3-12-9-20(7-6-14(12)18)10-16(21)19-15-8-13(17)5-4-11(15)2/h4-5,8,12,14H,3,6-7,9-10,18H2,1-2H3,(H,19,21). The molecule has 1 heterocycles. The lowest BCUT2D eigenvalue weighted by atomic mass is 9.91. The van der Waals surface area contributed by atoms with Crippen LogP contribution in [0.1, 0.15) is 25.3 Å². The van der Waals surface area contributed by atoms with Gasteiger partial charge < -0.3 is 11.1 Å². The van der Waals surface area contributed by atoms with Crippen molar-refractivity contribution in [2.45, 2.75) is 32.7 Å². The SMILES string of the molecule is CCC1CN(CC(=O)Nc2cc(Cl)ccc2C)CCC1N. The molecule has 1 aliphatic heterocycles. The van der Waals surface area contributed by atoms with Crippen LogP contribution >= 0.6 is 11.6 Å². The van der Waals surface area contributed by atoms with Crippen molar-refractivity contribution >= 4 is 23.2 Å². The molecule has 1 aromatic rings. The number of amides is 1. The molecular weight excluding hydrogens is 286 g/mol. The fourth-order valence-corrected chi connectivity index (χ4v) is 2.99. The van der Waals surface area contributed by atoms with Crippen LogP contribution in [0.25, 0.3) is 0 Å². The predicted molar refractivity (Wildman–Crippen MR) is 87.6 cm³/mol. The molecule has 1 fully saturated rings. The molecule has 4 nitrogen and oxygen atoms in total. The second-order valence-electron chi connectivity index (χ2n) is 5.86. The first kappa shape index (κ1) is 16.3. The van der Waals surface area contributed by atoms with Gasteiger partial charge in [0.1, 0.15) is 0 Å². The van der Waals surface area contributed by atoms with Crippen molar-refractivity contribution in [2.75, 3.05) is 25.0 Å². The van der Waals surface area contributed by atoms with Crippen LogP contribution in [0, 0.1) is 12.8 Å². The summed E-state index contributed by atoms with van der Waals surface area (Å²) in [5.74, 6) is 0.491. The molecule has 3 N–H and O–H groups in total. The van der Waals surface area contributed by atoms with Gasteiger partial charge in [-0.1, -0.05) is 31.0 Å². The van der Waals surface area contributed by atoms with Crippen LogP contribution in [-0.2, 0) is 4.79 Å². The van der Waals surface area contributed by atoms with Gasteiger partial charge in [0.15, 0.2) is 0 Å². The molecule has 0 radical (unpaired) electrons. The molecule has 116 valence electrons. The molecule has 0 spiro atoms. The largest absolute Gasteiger partial charge is 0.327 e. The summed E-state index contributed by atoms with van der Waals surface area (Å²) < 4.78 is 0. The number of hydrogen-bond donors (Lipinski definition) is 2. The van der Waals surface area contributed by atoms with Crippen LogP contribution in [0.5, 0.6) is 0 Å². The summed E-state index contributed by atoms with van der Waals surface area (Å²) in [4.78, 5) is 14.4. The number of nitrogens with zero attached hydrogens (tertiary/aromatic N) is 1. The number of carbonyl (C=O) groups is 1. The van der Waals surface area contributed by atoms with Crippen molar-refractivity contribution in [3.63, 3.8) is 0 Å². The predicted octanol–water partition coefficient (Wildman–Crippen LogP) is 2.65. The van der Waals surface area contributed by atoms with Crippen molar-refractivity contribution in [3.05, 3.63) is 28.8 Å². The topological polar surface area (TPSA) is 58.4 Å². The summed E-state index contributed by atoms with van der Waals surface area (Å²) in [6.45, 7) is 6.32. The number of rotatable bonds is 4. The highest BCUT2D eigenvalue weighted by Gasteiger charge is 2.26. The van der Waals surface area contributed by atoms with Gasteiger partial charge in [-0.3, -0.25) is 9.69 Å². The maximum atomic E-state index is 12.2. The smallest absolute Gasteiger partial charge is 0.238 e. The number of piperidine rings is 1. The summed E-state index contributed by atoms with van der Waals surface area (Å²) in [5.41, 5.74) is 7.90. The summed E-state index contributed by atoms with van der Waals surface area (Å²) in [6, 6.07) is 5.79. The van der Waals surface area contributed by atoms with Crippen LogP contribution in [0.2, 0.25) is 5.02 Å². The number of aryl methyl sites for hydroxylation is 1. The van der Waals surface area contributed by atoms with E-state index < -0.39 is 0 Å². The normalized spacial score (nSPS) is 23.0. The average molecular weight is 310 g/mol. The molecule has 0 aliphatic carbocycles. The first-order valence-electron chi connectivity index (χ1n) is 7.53. The van der Waals surface area contributed by atoms with Crippen molar-refractivity contribution in [1.29, 1.82) is 0 Å². The molecule has 0 saturated carbocycles. The van der Waals surface area contributed by atoms with Gasteiger partial charge in [0.2, 0.25) is 5.91 Å². The summed E-state index contributed by atoms with van der Waals surface area (Å²) in [7, 11) is 0. The third-order valence-corrected chi connectivity index (χ3v) is 4.48. The molecule has 1 saturated heterocycles. The number of likely N-dealkylation sites (tertiary alicyclic amines) is 1. The van der Waals surface area contributed by atoms with Gasteiger partial charge in [0.25, 0.3) is 0 Å². The number of nitrogens with one attached hydrogen (secondary N) is 1. The van der Waals surface area contributed by atoms with E-state index in [1.54, 1.807) is 6.07 Å². The Morgan fingerprint density at radius 3 is 3.00 bits per heavy atom. The van der Waals surface area contributed by atoms with E-state index >= 15 is 0 Å². The van der Waals surface area contributed by atoms with Crippen LogP contribution in [0.3, 0.4) is 0 Å². The number of carbonyl (C=O) groups excluding carboxylic acids is 1. The highest BCUT2D eigenvalue weighted by Crippen LogP contribution is 2.21. The molecule has 2 atom stereocenters. The van der Waals surface area contributed by atoms with Gasteiger partial charge in [-0.15, -0.1) is 0 Å². The lowest BCUT2D eigenvalue weighted by Gasteiger charge is -2.36. The minimum Gasteiger partial charge on any atom is -0.327 e. The summed E-state index contributed by atoms with van der Waals surface area (Å²) >= 11 is 5.97. The van der Waals surface area contributed by atoms with Gasteiger partial charge in [0, 0.05) is 29.8 Å². The zero-order chi connectivity index (χ0) is 15.4. The van der Waals surface area contributed by atoms with E-state index in [9.17, 15) is 4.79 Å². The Bertz CT molecular complexity index is 506. The van der Waals surface area contributed by atoms with Crippen molar-refractivity contribution in [2.24, 2.45) is 11.7 Å². The number of benzene rings is 1. The fraction of sp³-hybridized carbons (Fsp3) is 0.562. The number of hydrogen-bond acceptors (Lipinski definition) is 3. The van der Waals surface area contributed by atoms with E-state index in [1.165, 1.54) is 0 Å². The van der Waals surface area contributed by atoms with E-state index in [-0.39, 0.29) is 11.9 Å². The second kappa shape index (κ2) is 7.25. The first-order chi connectivity index (χ1) is 9.99. The molecule has 0 bridgehead atoms. The number of nitrogens with two attached hydrogens (primary N) is 1. The lowest BCUT2D eigenvalue weighted by Crippen LogP contribution is -2.48. The van der Waals surface area contributed by atoms with Crippen LogP contribution in [-0.4, -0.2) is 36.5 Å². The Kier molecular flexibility index (Phi) is 5.62. The van der Waals surface area contributed by atoms with Gasteiger partial charge in [-0.05, 0) is 37.0 Å². The van der Waals surface area contributed by atoms with Crippen molar-refractivity contribution in [1.82, 2.24) is 4.90 Å². The van der Waals surface area contributed by atoms with Gasteiger partial charge in [-0.25, -0.2) is 0 Å². The molecule has 21 heavy (non-hydrogen) atoms. The maximum absolute atomic E-state index is 12.2. The van der Waals surface area contributed by atoms with Crippen molar-refractivity contribution < 1.29 is 4.79 Å². The van der Waals surface area contributed by atoms with Gasteiger partial charge in [-0.2, -0.15) is 0 Å². The lowest BCUT2D eigenvalue weighted by molar-refractivity contribution is -0.117. The monoisotopic (exact) mass is 309 g/mol. The molecular formula is C16H24ClN3O. The van der Waals surface area contributed by atoms with E-state index in [0.717, 1.165) is 37.2 Å². The molecule has 1 aromatic carbocycles. The van der Waals surface area contributed by atoms with Gasteiger partial charge in [0.05, 0.1) is 6.54 Å². The van der Waals surface area contributed by atoms with Gasteiger partial charge >= 0.3 is 0 Å². The molecule has 1 aliphatic rings. The average Bonchev–Trinajstić information content (AvgIpc) is 2.45. The Morgan fingerprint density at radius 2 is 2.29 bits per heavy atom. The zero-order valence-electron chi connectivity index (χ0n) is 12.7. The second-order valence-corrected chi connectivity index (χ2v) is 6.30. The maximum Gasteiger partial charge on any atom is 0.238 e. The molecule has 2 unspecified atom stereocenters. The Balaban J connectivity index is 1.91. The van der Waals surface area contributed by atoms with Crippen molar-refractivity contribution in [3.8, 4) is 0 Å². The Hall–Kier alpha value is -1.10. The van der Waals surface area contributed by atoms with Crippen LogP contribution in [0.4, 0.5) is 5.69 Å². The van der Waals surface area contributed by atoms with E-state index in [1.807, 2.05) is 19.1 Å². The molecule has 0 aromatic heterocycles. The van der Waals surface area contributed by atoms with E-state index in [4.69, 9.17) is 17.3 Å². The number of anilines is 1. The Morgan fingerprint density at radius 1 is 1.52 bits per heavy atom. The van der Waals surface area contributed by atoms with Crippen LogP contribution in [0.15, 0.2) is 18.2 Å². The first-order valence-corrected chi connectivity index (χ1v) is 7.91. The zero-order valence-corrected chi connectivity index (χ0v) is 13.5. The van der Waals surface area contributed by atoms with Crippen LogP contribution < -0.4 is 11.1 Å². The molecule has 1 amide bonds. The highest BCUT2D eigenvalue weighted by atomic mass is 35.5. The third kappa shape index (κ3) is 4.43. The molecule has 5 heteroatoms. The minimum absolute atomic E-state index is 0.00527. The summed E-state index contributed by atoms with van der Waals surface area (Å²) in [6.07, 6.45) is 2.02. The third-order valence-electron chi connectivity index (χ3n) is 4.24. The highest BCUT2D eigenvalue weighted by molar-refractivity contribution is 6.31. The number of halogens is 1. The van der Waals surface area contributed by atoms with E-state index in [0.29, 0.717) is 17.5 Å².